The maximum atomic E-state index is 12.6. The Hall–Kier alpha value is -0.950. The molecule has 4 unspecified atom stereocenters. The Labute approximate surface area is 355 Å². The lowest BCUT2D eigenvalue weighted by Gasteiger charge is -2.27. The fourth-order valence-corrected chi connectivity index (χ4v) is 8.17. The minimum absolute atomic E-state index is 0.365. The minimum atomic E-state index is -1.26. The molecule has 0 spiro atoms. The number of carbonyl (C=O) groups is 1. The van der Waals surface area contributed by atoms with Gasteiger partial charge in [0.15, 0.2) is 0 Å². The van der Waals surface area contributed by atoms with Crippen LogP contribution in [0.1, 0.15) is 277 Å². The Morgan fingerprint density at radius 1 is 0.421 bits per heavy atom. The first-order chi connectivity index (χ1) is 28.0. The highest BCUT2D eigenvalue weighted by molar-refractivity contribution is 5.80. The lowest BCUT2D eigenvalue weighted by Crippen LogP contribution is -2.53. The van der Waals surface area contributed by atoms with E-state index in [1.807, 2.05) is 0 Å². The molecule has 0 saturated heterocycles. The van der Waals surface area contributed by atoms with Crippen LogP contribution < -0.4 is 5.32 Å². The zero-order chi connectivity index (χ0) is 41.7. The first-order valence-electron chi connectivity index (χ1n) is 25.6. The van der Waals surface area contributed by atoms with Gasteiger partial charge in [-0.15, -0.1) is 0 Å². The Bertz CT molecular complexity index is 821. The van der Waals surface area contributed by atoms with Gasteiger partial charge in [0.2, 0.25) is 5.91 Å². The predicted molar refractivity (Wildman–Crippen MR) is 247 cm³/mol. The lowest BCUT2D eigenvalue weighted by molar-refractivity contribution is -0.132. The summed E-state index contributed by atoms with van der Waals surface area (Å²) in [4.78, 5) is 12.6. The van der Waals surface area contributed by atoms with Crippen molar-refractivity contribution in [1.29, 1.82) is 0 Å². The molecule has 0 aromatic heterocycles. The lowest BCUT2D eigenvalue weighted by atomic mass is 9.99. The monoisotopic (exact) mass is 808 g/mol. The zero-order valence-electron chi connectivity index (χ0n) is 38.4. The van der Waals surface area contributed by atoms with Gasteiger partial charge >= 0.3 is 0 Å². The Morgan fingerprint density at radius 2 is 0.702 bits per heavy atom. The maximum absolute atomic E-state index is 12.6. The summed E-state index contributed by atoms with van der Waals surface area (Å²) in [5.74, 6) is -0.584. The molecule has 1 amide bonds. The minimum Gasteiger partial charge on any atom is -0.394 e. The van der Waals surface area contributed by atoms with Crippen LogP contribution in [0.3, 0.4) is 0 Å². The van der Waals surface area contributed by atoms with Crippen LogP contribution in [0.4, 0.5) is 0 Å². The first kappa shape index (κ1) is 56.0. The van der Waals surface area contributed by atoms with E-state index in [-0.39, 0.29) is 0 Å². The van der Waals surface area contributed by atoms with Crippen molar-refractivity contribution < 1.29 is 25.2 Å². The summed E-state index contributed by atoms with van der Waals surface area (Å²) in [6.45, 7) is 4.08. The zero-order valence-corrected chi connectivity index (χ0v) is 38.4. The summed E-state index contributed by atoms with van der Waals surface area (Å²) >= 11 is 0. The molecule has 0 aromatic carbocycles. The molecule has 0 rings (SSSR count). The topological polar surface area (TPSA) is 110 Å². The summed E-state index contributed by atoms with van der Waals surface area (Å²) in [7, 11) is 0. The number of hydrogen-bond donors (Lipinski definition) is 5. The van der Waals surface area contributed by atoms with Crippen LogP contribution in [0.2, 0.25) is 0 Å². The number of allylic oxidation sites excluding steroid dienone is 2. The Kier molecular flexibility index (Phi) is 45.4. The van der Waals surface area contributed by atoms with Gasteiger partial charge in [0.05, 0.1) is 18.8 Å². The summed E-state index contributed by atoms with van der Waals surface area (Å²) in [5, 5.41) is 43.9. The van der Waals surface area contributed by atoms with Crippen molar-refractivity contribution in [2.24, 2.45) is 0 Å². The van der Waals surface area contributed by atoms with Gasteiger partial charge in [0.1, 0.15) is 12.2 Å². The fraction of sp³-hybridized carbons (Fsp3) is 0.941. The van der Waals surface area contributed by atoms with Gasteiger partial charge in [-0.3, -0.25) is 4.79 Å². The highest BCUT2D eigenvalue weighted by Gasteiger charge is 2.28. The average molecular weight is 808 g/mol. The number of unbranched alkanes of at least 4 members (excludes halogenated alkanes) is 36. The van der Waals surface area contributed by atoms with Crippen LogP contribution in [0.25, 0.3) is 0 Å². The quantitative estimate of drug-likeness (QED) is 0.0311. The largest absolute Gasteiger partial charge is 0.394 e. The van der Waals surface area contributed by atoms with Crippen LogP contribution in [-0.2, 0) is 4.79 Å². The van der Waals surface area contributed by atoms with Gasteiger partial charge < -0.3 is 25.7 Å². The third-order valence-corrected chi connectivity index (χ3v) is 12.2. The molecule has 0 heterocycles. The summed E-state index contributed by atoms with van der Waals surface area (Å²) in [5.41, 5.74) is 0. The molecule has 0 fully saturated rings. The molecule has 0 saturated carbocycles. The number of aliphatic hydroxyl groups excluding tert-OH is 4. The van der Waals surface area contributed by atoms with Gasteiger partial charge in [-0.1, -0.05) is 251 Å². The third kappa shape index (κ3) is 40.2. The normalized spacial score (nSPS) is 14.0. The van der Waals surface area contributed by atoms with E-state index in [1.54, 1.807) is 0 Å². The van der Waals surface area contributed by atoms with Crippen LogP contribution in [0.5, 0.6) is 0 Å². The first-order valence-corrected chi connectivity index (χ1v) is 25.6. The van der Waals surface area contributed by atoms with E-state index in [0.29, 0.717) is 12.8 Å². The van der Waals surface area contributed by atoms with Gasteiger partial charge in [-0.05, 0) is 38.5 Å². The van der Waals surface area contributed by atoms with E-state index in [4.69, 9.17) is 0 Å². The molecule has 0 aliphatic carbocycles. The van der Waals surface area contributed by atoms with E-state index in [1.165, 1.54) is 205 Å². The second-order valence-electron chi connectivity index (χ2n) is 17.9. The molecule has 6 heteroatoms. The molecule has 0 bridgehead atoms. The SMILES string of the molecule is CCCCCCCCCCCCC/C=C\CCCCCCCCC(O)C(=O)NC(CO)C(O)C(O)CCCCCCCCCCCCCCCCCCCCCC. The molecule has 0 radical (unpaired) electrons. The van der Waals surface area contributed by atoms with Crippen molar-refractivity contribution in [3.8, 4) is 0 Å². The van der Waals surface area contributed by atoms with Crippen LogP contribution in [-0.4, -0.2) is 57.3 Å². The van der Waals surface area contributed by atoms with E-state index < -0.39 is 36.9 Å². The van der Waals surface area contributed by atoms with Crippen LogP contribution in [0, 0.1) is 0 Å². The molecule has 4 atom stereocenters. The Balaban J connectivity index is 3.67. The molecular weight excluding hydrogens is 707 g/mol. The highest BCUT2D eigenvalue weighted by Crippen LogP contribution is 2.17. The molecule has 0 aliphatic rings. The van der Waals surface area contributed by atoms with Crippen molar-refractivity contribution in [1.82, 2.24) is 5.32 Å². The fourth-order valence-electron chi connectivity index (χ4n) is 8.17. The number of amides is 1. The van der Waals surface area contributed by atoms with Gasteiger partial charge in [0, 0.05) is 0 Å². The molecule has 0 aromatic rings. The molecule has 6 nitrogen and oxygen atoms in total. The van der Waals surface area contributed by atoms with Crippen molar-refractivity contribution in [3.63, 3.8) is 0 Å². The van der Waals surface area contributed by atoms with E-state index >= 15 is 0 Å². The number of aliphatic hydroxyl groups is 4. The molecule has 57 heavy (non-hydrogen) atoms. The molecule has 340 valence electrons. The predicted octanol–water partition coefficient (Wildman–Crippen LogP) is 14.1. The van der Waals surface area contributed by atoms with Crippen molar-refractivity contribution in [2.45, 2.75) is 301 Å². The summed E-state index contributed by atoms with van der Waals surface area (Å²) < 4.78 is 0. The summed E-state index contributed by atoms with van der Waals surface area (Å²) in [6, 6.07) is -0.985. The van der Waals surface area contributed by atoms with Gasteiger partial charge in [-0.2, -0.15) is 0 Å². The van der Waals surface area contributed by atoms with Crippen molar-refractivity contribution in [2.75, 3.05) is 6.61 Å². The number of carbonyl (C=O) groups excluding carboxylic acids is 1. The molecular formula is C51H101NO5. The second kappa shape index (κ2) is 46.1. The van der Waals surface area contributed by atoms with E-state index in [9.17, 15) is 25.2 Å². The second-order valence-corrected chi connectivity index (χ2v) is 17.9. The van der Waals surface area contributed by atoms with Crippen LogP contribution in [0.15, 0.2) is 12.2 Å². The van der Waals surface area contributed by atoms with Crippen molar-refractivity contribution >= 4 is 5.91 Å². The molecule has 0 aliphatic heterocycles. The number of nitrogens with one attached hydrogen (secondary N) is 1. The highest BCUT2D eigenvalue weighted by atomic mass is 16.3. The standard InChI is InChI=1S/C51H101NO5/c1-3-5-7-9-11-13-15-17-19-21-23-25-27-29-31-33-35-37-39-41-43-45-49(55)51(57)52-47(46-53)50(56)48(54)44-42-40-38-36-34-32-30-28-26-24-22-20-18-16-14-12-10-8-6-4-2/h27,29,47-50,53-56H,3-26,28,30-46H2,1-2H3,(H,52,57)/b29-27-. The Morgan fingerprint density at radius 3 is 1.02 bits per heavy atom. The van der Waals surface area contributed by atoms with E-state index in [0.717, 1.165) is 44.9 Å². The van der Waals surface area contributed by atoms with E-state index in [2.05, 4.69) is 31.3 Å². The maximum Gasteiger partial charge on any atom is 0.249 e. The van der Waals surface area contributed by atoms with Gasteiger partial charge in [0.25, 0.3) is 0 Å². The number of hydrogen-bond acceptors (Lipinski definition) is 5. The van der Waals surface area contributed by atoms with Crippen LogP contribution >= 0.6 is 0 Å². The van der Waals surface area contributed by atoms with Gasteiger partial charge in [-0.25, -0.2) is 0 Å². The smallest absolute Gasteiger partial charge is 0.249 e. The van der Waals surface area contributed by atoms with Crippen molar-refractivity contribution in [3.05, 3.63) is 12.2 Å². The average Bonchev–Trinajstić information content (AvgIpc) is 3.22. The third-order valence-electron chi connectivity index (χ3n) is 12.2. The number of rotatable bonds is 47. The summed E-state index contributed by atoms with van der Waals surface area (Å²) in [6.07, 6.45) is 52.5. The molecule has 5 N–H and O–H groups in total.